The molecule has 1 heterocycles. The van der Waals surface area contributed by atoms with Gasteiger partial charge in [-0.05, 0) is 24.1 Å². The molecule has 0 fully saturated rings. The van der Waals surface area contributed by atoms with Crippen molar-refractivity contribution in [1.82, 2.24) is 5.43 Å². The van der Waals surface area contributed by atoms with Crippen molar-refractivity contribution < 1.29 is 9.21 Å². The molecule has 1 amide bonds. The number of hydrogen-bond donors (Lipinski definition) is 1. The van der Waals surface area contributed by atoms with E-state index in [0.29, 0.717) is 11.3 Å². The monoisotopic (exact) mass is 302 g/mol. The lowest BCUT2D eigenvalue weighted by Gasteiger charge is -2.03. The lowest BCUT2D eigenvalue weighted by atomic mass is 10.1. The number of benzene rings is 2. The van der Waals surface area contributed by atoms with E-state index >= 15 is 0 Å². The van der Waals surface area contributed by atoms with Crippen molar-refractivity contribution in [2.45, 2.75) is 6.92 Å². The third-order valence-corrected chi connectivity index (χ3v) is 4.03. The van der Waals surface area contributed by atoms with Crippen LogP contribution in [0.1, 0.15) is 27.2 Å². The van der Waals surface area contributed by atoms with Crippen LogP contribution in [0.2, 0.25) is 0 Å². The molecule has 4 nitrogen and oxygen atoms in total. The maximum absolute atomic E-state index is 12.2. The molecule has 1 N–H and O–H groups in total. The predicted octanol–water partition coefficient (Wildman–Crippen LogP) is 3.75. The fourth-order valence-electron chi connectivity index (χ4n) is 2.90. The Morgan fingerprint density at radius 1 is 0.913 bits per heavy atom. The normalized spacial score (nSPS) is 11.8. The molecule has 1 aromatic heterocycles. The number of furan rings is 1. The minimum absolute atomic E-state index is 0.273. The average molecular weight is 302 g/mol. The zero-order chi connectivity index (χ0) is 15.8. The van der Waals surface area contributed by atoms with Crippen LogP contribution < -0.4 is 5.43 Å². The molecule has 3 aromatic rings. The molecular formula is C19H14N2O2. The average Bonchev–Trinajstić information content (AvgIpc) is 3.14. The molecule has 4 heteroatoms. The van der Waals surface area contributed by atoms with Gasteiger partial charge in [-0.15, -0.1) is 0 Å². The van der Waals surface area contributed by atoms with Gasteiger partial charge in [0.1, 0.15) is 5.76 Å². The van der Waals surface area contributed by atoms with E-state index in [-0.39, 0.29) is 5.91 Å². The minimum Gasteiger partial charge on any atom is -0.469 e. The molecular weight excluding hydrogens is 288 g/mol. The molecule has 1 aliphatic carbocycles. The molecule has 1 aliphatic rings. The lowest BCUT2D eigenvalue weighted by molar-refractivity contribution is 0.0953. The van der Waals surface area contributed by atoms with Crippen molar-refractivity contribution in [3.8, 4) is 11.1 Å². The summed E-state index contributed by atoms with van der Waals surface area (Å²) in [7, 11) is 0. The van der Waals surface area contributed by atoms with Crippen LogP contribution in [0.25, 0.3) is 11.1 Å². The zero-order valence-corrected chi connectivity index (χ0v) is 12.5. The summed E-state index contributed by atoms with van der Waals surface area (Å²) < 4.78 is 5.16. The summed E-state index contributed by atoms with van der Waals surface area (Å²) in [5.74, 6) is 0.306. The van der Waals surface area contributed by atoms with E-state index in [9.17, 15) is 4.79 Å². The SMILES string of the molecule is Cc1occc1C(=O)NN=C1c2ccccc2-c2ccccc21. The summed E-state index contributed by atoms with van der Waals surface area (Å²) >= 11 is 0. The second-order valence-electron chi connectivity index (χ2n) is 5.38. The van der Waals surface area contributed by atoms with Gasteiger partial charge in [-0.1, -0.05) is 48.5 Å². The largest absolute Gasteiger partial charge is 0.469 e. The van der Waals surface area contributed by atoms with Crippen LogP contribution in [0.15, 0.2) is 70.4 Å². The van der Waals surface area contributed by atoms with Gasteiger partial charge in [0, 0.05) is 11.1 Å². The number of aryl methyl sites for hydroxylation is 1. The van der Waals surface area contributed by atoms with Crippen LogP contribution in [0.4, 0.5) is 0 Å². The Morgan fingerprint density at radius 2 is 1.48 bits per heavy atom. The number of nitrogens with zero attached hydrogens (tertiary/aromatic N) is 1. The van der Waals surface area contributed by atoms with Crippen LogP contribution in [-0.2, 0) is 0 Å². The Bertz CT molecular complexity index is 890. The van der Waals surface area contributed by atoms with Gasteiger partial charge in [-0.25, -0.2) is 5.43 Å². The molecule has 0 spiro atoms. The van der Waals surface area contributed by atoms with E-state index in [1.165, 1.54) is 6.26 Å². The number of nitrogens with one attached hydrogen (secondary N) is 1. The molecule has 0 saturated carbocycles. The van der Waals surface area contributed by atoms with Crippen molar-refractivity contribution >= 4 is 11.6 Å². The summed E-state index contributed by atoms with van der Waals surface area (Å²) in [6.45, 7) is 1.75. The summed E-state index contributed by atoms with van der Waals surface area (Å²) in [4.78, 5) is 12.2. The summed E-state index contributed by atoms with van der Waals surface area (Å²) in [5.41, 5.74) is 8.24. The van der Waals surface area contributed by atoms with E-state index < -0.39 is 0 Å². The second kappa shape index (κ2) is 5.25. The van der Waals surface area contributed by atoms with E-state index in [2.05, 4.69) is 22.7 Å². The molecule has 0 unspecified atom stereocenters. The summed E-state index contributed by atoms with van der Waals surface area (Å²) in [6.07, 6.45) is 1.50. The third-order valence-electron chi connectivity index (χ3n) is 4.03. The molecule has 0 aliphatic heterocycles. The van der Waals surface area contributed by atoms with Gasteiger partial charge in [0.15, 0.2) is 0 Å². The lowest BCUT2D eigenvalue weighted by Crippen LogP contribution is -2.20. The van der Waals surface area contributed by atoms with Crippen LogP contribution in [0.5, 0.6) is 0 Å². The fourth-order valence-corrected chi connectivity index (χ4v) is 2.90. The Hall–Kier alpha value is -3.14. The highest BCUT2D eigenvalue weighted by Gasteiger charge is 2.24. The van der Waals surface area contributed by atoms with Crippen molar-refractivity contribution in [2.24, 2.45) is 5.10 Å². The van der Waals surface area contributed by atoms with Gasteiger partial charge in [0.05, 0.1) is 17.5 Å². The number of carbonyl (C=O) groups excluding carboxylic acids is 1. The van der Waals surface area contributed by atoms with Gasteiger partial charge < -0.3 is 4.42 Å². The Labute approximate surface area is 133 Å². The number of hydrogen-bond acceptors (Lipinski definition) is 3. The molecule has 0 bridgehead atoms. The van der Waals surface area contributed by atoms with Crippen molar-refractivity contribution in [3.63, 3.8) is 0 Å². The molecule has 4 rings (SSSR count). The maximum atomic E-state index is 12.2. The molecule has 0 atom stereocenters. The minimum atomic E-state index is -0.273. The third kappa shape index (κ3) is 2.16. The first-order valence-electron chi connectivity index (χ1n) is 7.37. The van der Waals surface area contributed by atoms with Crippen LogP contribution in [-0.4, -0.2) is 11.6 Å². The number of hydrazone groups is 1. The fraction of sp³-hybridized carbons (Fsp3) is 0.0526. The smallest absolute Gasteiger partial charge is 0.274 e. The second-order valence-corrected chi connectivity index (χ2v) is 5.38. The van der Waals surface area contributed by atoms with E-state index in [1.807, 2.05) is 36.4 Å². The molecule has 23 heavy (non-hydrogen) atoms. The standard InChI is InChI=1S/C19H14N2O2/c1-12-13(10-11-23-12)19(22)21-20-18-16-8-4-2-6-14(16)15-7-3-5-9-17(15)18/h2-11H,1H3,(H,21,22). The van der Waals surface area contributed by atoms with Gasteiger partial charge in [-0.3, -0.25) is 4.79 Å². The first-order chi connectivity index (χ1) is 11.3. The number of carbonyl (C=O) groups is 1. The van der Waals surface area contributed by atoms with Gasteiger partial charge >= 0.3 is 0 Å². The van der Waals surface area contributed by atoms with E-state index in [0.717, 1.165) is 28.0 Å². The Balaban J connectivity index is 1.74. The molecule has 112 valence electrons. The number of rotatable bonds is 2. The quantitative estimate of drug-likeness (QED) is 0.573. The molecule has 2 aromatic carbocycles. The first-order valence-corrected chi connectivity index (χ1v) is 7.37. The number of fused-ring (bicyclic) bond motifs is 3. The summed E-state index contributed by atoms with van der Waals surface area (Å²) in [5, 5.41) is 4.38. The highest BCUT2D eigenvalue weighted by atomic mass is 16.3. The highest BCUT2D eigenvalue weighted by Crippen LogP contribution is 2.36. The van der Waals surface area contributed by atoms with Gasteiger partial charge in [-0.2, -0.15) is 5.10 Å². The molecule has 0 saturated heterocycles. The zero-order valence-electron chi connectivity index (χ0n) is 12.5. The Morgan fingerprint density at radius 3 is 2.00 bits per heavy atom. The topological polar surface area (TPSA) is 54.6 Å². The van der Waals surface area contributed by atoms with Crippen LogP contribution in [0.3, 0.4) is 0 Å². The predicted molar refractivity (Wildman–Crippen MR) is 88.4 cm³/mol. The van der Waals surface area contributed by atoms with Crippen LogP contribution >= 0.6 is 0 Å². The number of amides is 1. The van der Waals surface area contributed by atoms with Gasteiger partial charge in [0.2, 0.25) is 0 Å². The van der Waals surface area contributed by atoms with Crippen molar-refractivity contribution in [3.05, 3.63) is 83.3 Å². The maximum Gasteiger partial charge on any atom is 0.274 e. The van der Waals surface area contributed by atoms with E-state index in [1.54, 1.807) is 13.0 Å². The van der Waals surface area contributed by atoms with E-state index in [4.69, 9.17) is 4.42 Å². The van der Waals surface area contributed by atoms with Crippen LogP contribution in [0, 0.1) is 6.92 Å². The summed E-state index contributed by atoms with van der Waals surface area (Å²) in [6, 6.07) is 17.8. The Kier molecular flexibility index (Phi) is 3.08. The molecule has 0 radical (unpaired) electrons. The highest BCUT2D eigenvalue weighted by molar-refractivity contribution is 6.24. The van der Waals surface area contributed by atoms with Crippen molar-refractivity contribution in [1.29, 1.82) is 0 Å². The first kappa shape index (κ1) is 13.5. The van der Waals surface area contributed by atoms with Crippen molar-refractivity contribution in [2.75, 3.05) is 0 Å². The van der Waals surface area contributed by atoms with Gasteiger partial charge in [0.25, 0.3) is 5.91 Å².